The van der Waals surface area contributed by atoms with Gasteiger partial charge in [-0.1, -0.05) is 6.07 Å². The average molecular weight is 340 g/mol. The van der Waals surface area contributed by atoms with Gasteiger partial charge >= 0.3 is 5.97 Å². The second kappa shape index (κ2) is 5.88. The summed E-state index contributed by atoms with van der Waals surface area (Å²) in [7, 11) is 0. The number of aromatic amines is 1. The number of H-pyrrole nitrogens is 1. The number of carbonyl (C=O) groups is 1. The van der Waals surface area contributed by atoms with E-state index < -0.39 is 5.97 Å². The van der Waals surface area contributed by atoms with Gasteiger partial charge in [0.2, 0.25) is 0 Å². The monoisotopic (exact) mass is 340 g/mol. The van der Waals surface area contributed by atoms with Crippen molar-refractivity contribution in [2.24, 2.45) is 0 Å². The molecule has 0 unspecified atom stereocenters. The molecule has 2 aromatic heterocycles. The minimum Gasteiger partial charge on any atom is -0.492 e. The standard InChI is InChI=1S/C19H17FN2O3/c1-3-24-19(23)17-15(11-5-4-7-21-10(11)2)16-14(22-17)9-13(20)12-6-8-25-18(12)16/h4-5,7,9,22H,3,6,8H2,1-2H3. The van der Waals surface area contributed by atoms with Gasteiger partial charge in [-0.25, -0.2) is 9.18 Å². The Hall–Kier alpha value is -2.89. The summed E-state index contributed by atoms with van der Waals surface area (Å²) in [5, 5.41) is 0.702. The van der Waals surface area contributed by atoms with Crippen molar-refractivity contribution in [3.05, 3.63) is 47.2 Å². The molecule has 0 spiro atoms. The number of benzene rings is 1. The van der Waals surface area contributed by atoms with Crippen molar-refractivity contribution in [1.29, 1.82) is 0 Å². The van der Waals surface area contributed by atoms with E-state index in [0.717, 1.165) is 11.3 Å². The Kier molecular flexibility index (Phi) is 3.67. The number of carbonyl (C=O) groups excluding carboxylic acids is 1. The van der Waals surface area contributed by atoms with E-state index >= 15 is 0 Å². The molecule has 1 aromatic carbocycles. The summed E-state index contributed by atoms with van der Waals surface area (Å²) in [5.41, 5.74) is 3.56. The lowest BCUT2D eigenvalue weighted by Crippen LogP contribution is -2.07. The Labute approximate surface area is 143 Å². The molecule has 3 heterocycles. The molecule has 5 nitrogen and oxygen atoms in total. The maximum absolute atomic E-state index is 14.4. The molecule has 0 saturated carbocycles. The van der Waals surface area contributed by atoms with Gasteiger partial charge in [-0.2, -0.15) is 0 Å². The van der Waals surface area contributed by atoms with Crippen LogP contribution in [0.5, 0.6) is 5.75 Å². The molecule has 128 valence electrons. The molecule has 0 amide bonds. The molecule has 0 saturated heterocycles. The third kappa shape index (κ3) is 2.36. The van der Waals surface area contributed by atoms with Crippen LogP contribution < -0.4 is 4.74 Å². The van der Waals surface area contributed by atoms with Crippen molar-refractivity contribution in [2.75, 3.05) is 13.2 Å². The molecule has 1 aliphatic rings. The lowest BCUT2D eigenvalue weighted by molar-refractivity contribution is 0.0521. The topological polar surface area (TPSA) is 64.2 Å². The molecule has 6 heteroatoms. The first-order chi connectivity index (χ1) is 12.1. The van der Waals surface area contributed by atoms with Gasteiger partial charge in [0.25, 0.3) is 0 Å². The fraction of sp³-hybridized carbons (Fsp3) is 0.263. The van der Waals surface area contributed by atoms with Gasteiger partial charge in [0.15, 0.2) is 0 Å². The normalized spacial score (nSPS) is 12.9. The molecule has 1 aliphatic heterocycles. The zero-order valence-electron chi connectivity index (χ0n) is 14.0. The van der Waals surface area contributed by atoms with E-state index in [2.05, 4.69) is 9.97 Å². The van der Waals surface area contributed by atoms with Crippen LogP contribution in [0, 0.1) is 12.7 Å². The molecule has 0 aliphatic carbocycles. The molecule has 3 aromatic rings. The van der Waals surface area contributed by atoms with Crippen molar-refractivity contribution in [3.8, 4) is 16.9 Å². The molecule has 0 bridgehead atoms. The highest BCUT2D eigenvalue weighted by Crippen LogP contribution is 2.44. The number of nitrogens with zero attached hydrogens (tertiary/aromatic N) is 1. The number of hydrogen-bond donors (Lipinski definition) is 1. The number of nitrogens with one attached hydrogen (secondary N) is 1. The van der Waals surface area contributed by atoms with Gasteiger partial charge in [-0.3, -0.25) is 4.98 Å². The van der Waals surface area contributed by atoms with Crippen LogP contribution in [-0.2, 0) is 11.2 Å². The number of pyridine rings is 1. The number of esters is 1. The second-order valence-electron chi connectivity index (χ2n) is 5.92. The molecule has 25 heavy (non-hydrogen) atoms. The first-order valence-electron chi connectivity index (χ1n) is 8.20. The highest BCUT2D eigenvalue weighted by molar-refractivity contribution is 6.11. The van der Waals surface area contributed by atoms with E-state index in [0.29, 0.717) is 40.8 Å². The lowest BCUT2D eigenvalue weighted by Gasteiger charge is -2.09. The zero-order chi connectivity index (χ0) is 17.6. The van der Waals surface area contributed by atoms with Gasteiger partial charge < -0.3 is 14.5 Å². The third-order valence-corrected chi connectivity index (χ3v) is 4.44. The average Bonchev–Trinajstić information content (AvgIpc) is 3.20. The summed E-state index contributed by atoms with van der Waals surface area (Å²) >= 11 is 0. The number of ether oxygens (including phenoxy) is 2. The molecule has 1 N–H and O–H groups in total. The van der Waals surface area contributed by atoms with Gasteiger partial charge in [-0.05, 0) is 26.0 Å². The first-order valence-corrected chi connectivity index (χ1v) is 8.20. The zero-order valence-corrected chi connectivity index (χ0v) is 14.0. The number of aromatic nitrogens is 2. The van der Waals surface area contributed by atoms with Crippen LogP contribution in [0.1, 0.15) is 28.7 Å². The largest absolute Gasteiger partial charge is 0.492 e. The summed E-state index contributed by atoms with van der Waals surface area (Å²) in [6.07, 6.45) is 2.21. The second-order valence-corrected chi connectivity index (χ2v) is 5.92. The van der Waals surface area contributed by atoms with Crippen LogP contribution in [0.3, 0.4) is 0 Å². The first kappa shape index (κ1) is 15.6. The van der Waals surface area contributed by atoms with Crippen molar-refractivity contribution in [1.82, 2.24) is 9.97 Å². The van der Waals surface area contributed by atoms with E-state index in [1.54, 1.807) is 19.2 Å². The van der Waals surface area contributed by atoms with Gasteiger partial charge in [0, 0.05) is 35.0 Å². The fourth-order valence-corrected chi connectivity index (χ4v) is 3.36. The van der Waals surface area contributed by atoms with Crippen molar-refractivity contribution in [2.45, 2.75) is 20.3 Å². The van der Waals surface area contributed by atoms with Gasteiger partial charge in [0.1, 0.15) is 17.3 Å². The van der Waals surface area contributed by atoms with Crippen LogP contribution in [-0.4, -0.2) is 29.2 Å². The number of aryl methyl sites for hydroxylation is 1. The molecule has 0 fully saturated rings. The minimum atomic E-state index is -0.482. The predicted octanol–water partition coefficient (Wildman–Crippen LogP) is 3.79. The van der Waals surface area contributed by atoms with Crippen LogP contribution in [0.25, 0.3) is 22.0 Å². The van der Waals surface area contributed by atoms with Crippen LogP contribution >= 0.6 is 0 Å². The van der Waals surface area contributed by atoms with E-state index in [9.17, 15) is 9.18 Å². The van der Waals surface area contributed by atoms with E-state index in [1.165, 1.54) is 6.07 Å². The Bertz CT molecular complexity index is 994. The Morgan fingerprint density at radius 2 is 2.32 bits per heavy atom. The SMILES string of the molecule is CCOC(=O)c1[nH]c2cc(F)c3c(c2c1-c1cccnc1C)OCC3. The molecular formula is C19H17FN2O3. The van der Waals surface area contributed by atoms with Crippen LogP contribution in [0.15, 0.2) is 24.4 Å². The highest BCUT2D eigenvalue weighted by Gasteiger charge is 2.29. The summed E-state index contributed by atoms with van der Waals surface area (Å²) < 4.78 is 25.3. The van der Waals surface area contributed by atoms with Gasteiger partial charge in [0.05, 0.1) is 24.1 Å². The molecule has 0 atom stereocenters. The Balaban J connectivity index is 2.10. The van der Waals surface area contributed by atoms with E-state index in [4.69, 9.17) is 9.47 Å². The Morgan fingerprint density at radius 3 is 3.08 bits per heavy atom. The van der Waals surface area contributed by atoms with E-state index in [-0.39, 0.29) is 18.1 Å². The predicted molar refractivity (Wildman–Crippen MR) is 91.4 cm³/mol. The molecular weight excluding hydrogens is 323 g/mol. The number of fused-ring (bicyclic) bond motifs is 3. The quantitative estimate of drug-likeness (QED) is 0.737. The lowest BCUT2D eigenvalue weighted by atomic mass is 9.98. The maximum Gasteiger partial charge on any atom is 0.355 e. The number of hydrogen-bond acceptors (Lipinski definition) is 4. The molecule has 4 rings (SSSR count). The van der Waals surface area contributed by atoms with Gasteiger partial charge in [-0.15, -0.1) is 0 Å². The number of rotatable bonds is 3. The summed E-state index contributed by atoms with van der Waals surface area (Å²) in [6.45, 7) is 4.29. The Morgan fingerprint density at radius 1 is 1.48 bits per heavy atom. The third-order valence-electron chi connectivity index (χ3n) is 4.44. The van der Waals surface area contributed by atoms with E-state index in [1.807, 2.05) is 13.0 Å². The fourth-order valence-electron chi connectivity index (χ4n) is 3.36. The number of halogens is 1. The van der Waals surface area contributed by atoms with Crippen LogP contribution in [0.2, 0.25) is 0 Å². The van der Waals surface area contributed by atoms with Crippen molar-refractivity contribution in [3.63, 3.8) is 0 Å². The minimum absolute atomic E-state index is 0.253. The smallest absolute Gasteiger partial charge is 0.355 e. The summed E-state index contributed by atoms with van der Waals surface area (Å²) in [5.74, 6) is -0.310. The summed E-state index contributed by atoms with van der Waals surface area (Å²) in [4.78, 5) is 19.8. The van der Waals surface area contributed by atoms with Crippen molar-refractivity contribution < 1.29 is 18.7 Å². The maximum atomic E-state index is 14.4. The highest BCUT2D eigenvalue weighted by atomic mass is 19.1. The van der Waals surface area contributed by atoms with Crippen molar-refractivity contribution >= 4 is 16.9 Å². The summed E-state index contributed by atoms with van der Waals surface area (Å²) in [6, 6.07) is 5.11. The molecule has 0 radical (unpaired) electrons. The van der Waals surface area contributed by atoms with Crippen LogP contribution in [0.4, 0.5) is 4.39 Å².